The number of allylic oxidation sites excluding steroid dienone is 1. The van der Waals surface area contributed by atoms with Gasteiger partial charge in [-0.1, -0.05) is 11.6 Å². The Morgan fingerprint density at radius 1 is 1.42 bits per heavy atom. The van der Waals surface area contributed by atoms with Gasteiger partial charge in [-0.05, 0) is 32.1 Å². The lowest BCUT2D eigenvalue weighted by Gasteiger charge is -2.30. The number of carbonyl (C=O) groups is 2. The van der Waals surface area contributed by atoms with Crippen LogP contribution in [0.5, 0.6) is 0 Å². The van der Waals surface area contributed by atoms with E-state index in [1.165, 1.54) is 38.4 Å². The minimum absolute atomic E-state index is 0.0278. The fraction of sp³-hybridized carbons (Fsp3) is 0.733. The Kier molecular flexibility index (Phi) is 5.14. The summed E-state index contributed by atoms with van der Waals surface area (Å²) in [5.41, 5.74) is 1.54. The minimum Gasteiger partial charge on any atom is -0.468 e. The highest BCUT2D eigenvalue weighted by atomic mass is 16.5. The largest absolute Gasteiger partial charge is 0.468 e. The molecule has 0 saturated carbocycles. The standard InChI is InChI=1S/C15H23NO3/c1-19-15(18)13-11-16(10-8-14(13)17)9-7-12-5-3-2-4-6-12/h5,13H,2-4,6-11H2,1H3. The zero-order valence-corrected chi connectivity index (χ0v) is 11.7. The highest BCUT2D eigenvalue weighted by molar-refractivity contribution is 5.99. The van der Waals surface area contributed by atoms with E-state index < -0.39 is 5.92 Å². The van der Waals surface area contributed by atoms with E-state index >= 15 is 0 Å². The van der Waals surface area contributed by atoms with Gasteiger partial charge in [0.15, 0.2) is 0 Å². The first-order chi connectivity index (χ1) is 9.20. The van der Waals surface area contributed by atoms with Crippen molar-refractivity contribution < 1.29 is 14.3 Å². The van der Waals surface area contributed by atoms with Crippen LogP contribution in [0.2, 0.25) is 0 Å². The predicted molar refractivity (Wildman–Crippen MR) is 72.7 cm³/mol. The van der Waals surface area contributed by atoms with E-state index in [1.807, 2.05) is 0 Å². The second-order valence-electron chi connectivity index (χ2n) is 5.45. The second-order valence-corrected chi connectivity index (χ2v) is 5.45. The monoisotopic (exact) mass is 265 g/mol. The van der Waals surface area contributed by atoms with Gasteiger partial charge in [0.2, 0.25) is 0 Å². The highest BCUT2D eigenvalue weighted by Crippen LogP contribution is 2.21. The van der Waals surface area contributed by atoms with Crippen LogP contribution in [0.3, 0.4) is 0 Å². The Morgan fingerprint density at radius 3 is 2.95 bits per heavy atom. The number of Topliss-reactive ketones (excluding diaryl/α,β-unsaturated/α-hetero) is 1. The van der Waals surface area contributed by atoms with Crippen LogP contribution >= 0.6 is 0 Å². The van der Waals surface area contributed by atoms with Gasteiger partial charge in [0, 0.05) is 26.1 Å². The highest BCUT2D eigenvalue weighted by Gasteiger charge is 2.33. The molecule has 0 aromatic carbocycles. The lowest BCUT2D eigenvalue weighted by molar-refractivity contribution is -0.151. The Morgan fingerprint density at radius 2 is 2.26 bits per heavy atom. The molecule has 19 heavy (non-hydrogen) atoms. The van der Waals surface area contributed by atoms with Gasteiger partial charge < -0.3 is 9.64 Å². The fourth-order valence-corrected chi connectivity index (χ4v) is 2.88. The molecule has 0 N–H and O–H groups in total. The van der Waals surface area contributed by atoms with Gasteiger partial charge in [0.1, 0.15) is 11.7 Å². The van der Waals surface area contributed by atoms with Gasteiger partial charge in [0.25, 0.3) is 0 Å². The summed E-state index contributed by atoms with van der Waals surface area (Å²) in [5, 5.41) is 0. The van der Waals surface area contributed by atoms with E-state index in [2.05, 4.69) is 11.0 Å². The Bertz CT molecular complexity index is 368. The molecule has 1 aliphatic carbocycles. The Balaban J connectivity index is 1.82. The summed E-state index contributed by atoms with van der Waals surface area (Å²) < 4.78 is 4.71. The Hall–Kier alpha value is -1.16. The number of methoxy groups -OCH3 is 1. The minimum atomic E-state index is -0.570. The van der Waals surface area contributed by atoms with Gasteiger partial charge in [-0.2, -0.15) is 0 Å². The molecule has 2 rings (SSSR count). The van der Waals surface area contributed by atoms with Crippen molar-refractivity contribution >= 4 is 11.8 Å². The molecule has 1 unspecified atom stereocenters. The SMILES string of the molecule is COC(=O)C1CN(CCC2=CCCCC2)CCC1=O. The van der Waals surface area contributed by atoms with Crippen LogP contribution in [0, 0.1) is 5.92 Å². The van der Waals surface area contributed by atoms with Gasteiger partial charge in [0.05, 0.1) is 7.11 Å². The number of ether oxygens (including phenoxy) is 1. The van der Waals surface area contributed by atoms with Gasteiger partial charge in [-0.3, -0.25) is 9.59 Å². The molecule has 1 atom stereocenters. The molecule has 1 saturated heterocycles. The lowest BCUT2D eigenvalue weighted by atomic mass is 9.94. The first-order valence-corrected chi connectivity index (χ1v) is 7.21. The lowest BCUT2D eigenvalue weighted by Crippen LogP contribution is -2.45. The number of esters is 1. The van der Waals surface area contributed by atoms with Gasteiger partial charge in [-0.15, -0.1) is 0 Å². The number of hydrogen-bond acceptors (Lipinski definition) is 4. The third kappa shape index (κ3) is 3.90. The van der Waals surface area contributed by atoms with E-state index in [-0.39, 0.29) is 11.8 Å². The molecule has 0 aromatic rings. The zero-order valence-electron chi connectivity index (χ0n) is 11.7. The van der Waals surface area contributed by atoms with Crippen LogP contribution in [-0.2, 0) is 14.3 Å². The van der Waals surface area contributed by atoms with Crippen LogP contribution in [0.25, 0.3) is 0 Å². The van der Waals surface area contributed by atoms with Crippen molar-refractivity contribution in [3.05, 3.63) is 11.6 Å². The second kappa shape index (κ2) is 6.85. The predicted octanol–water partition coefficient (Wildman–Crippen LogP) is 1.94. The summed E-state index contributed by atoms with van der Waals surface area (Å²) in [4.78, 5) is 25.5. The van der Waals surface area contributed by atoms with Crippen LogP contribution in [0.1, 0.15) is 38.5 Å². The quantitative estimate of drug-likeness (QED) is 0.443. The van der Waals surface area contributed by atoms with Crippen molar-refractivity contribution in [3.8, 4) is 0 Å². The van der Waals surface area contributed by atoms with E-state index in [4.69, 9.17) is 4.74 Å². The number of rotatable bonds is 4. The van der Waals surface area contributed by atoms with Crippen LogP contribution in [0.15, 0.2) is 11.6 Å². The maximum atomic E-state index is 11.7. The van der Waals surface area contributed by atoms with Crippen molar-refractivity contribution in [2.75, 3.05) is 26.7 Å². The molecule has 4 heteroatoms. The molecule has 1 heterocycles. The number of likely N-dealkylation sites (tertiary alicyclic amines) is 1. The van der Waals surface area contributed by atoms with Crippen LogP contribution in [-0.4, -0.2) is 43.4 Å². The number of carbonyl (C=O) groups excluding carboxylic acids is 2. The molecule has 0 aromatic heterocycles. The third-order valence-electron chi connectivity index (χ3n) is 4.12. The van der Waals surface area contributed by atoms with Gasteiger partial charge in [-0.25, -0.2) is 0 Å². The summed E-state index contributed by atoms with van der Waals surface area (Å²) in [5.74, 6) is -0.925. The number of nitrogens with zero attached hydrogens (tertiary/aromatic N) is 1. The maximum absolute atomic E-state index is 11.7. The van der Waals surface area contributed by atoms with E-state index in [9.17, 15) is 9.59 Å². The topological polar surface area (TPSA) is 46.6 Å². The summed E-state index contributed by atoms with van der Waals surface area (Å²) in [6, 6.07) is 0. The molecule has 0 amide bonds. The molecular weight excluding hydrogens is 242 g/mol. The van der Waals surface area contributed by atoms with Crippen LogP contribution in [0.4, 0.5) is 0 Å². The Labute approximate surface area is 114 Å². The molecular formula is C15H23NO3. The number of piperidine rings is 1. The third-order valence-corrected chi connectivity index (χ3v) is 4.12. The fourth-order valence-electron chi connectivity index (χ4n) is 2.88. The molecule has 0 spiro atoms. The summed E-state index contributed by atoms with van der Waals surface area (Å²) in [7, 11) is 1.35. The van der Waals surface area contributed by atoms with E-state index in [1.54, 1.807) is 0 Å². The smallest absolute Gasteiger partial charge is 0.317 e. The van der Waals surface area contributed by atoms with Crippen LogP contribution < -0.4 is 0 Å². The van der Waals surface area contributed by atoms with E-state index in [0.717, 1.165) is 19.5 Å². The van der Waals surface area contributed by atoms with Crippen molar-refractivity contribution in [2.24, 2.45) is 5.92 Å². The first kappa shape index (κ1) is 14.3. The molecule has 4 nitrogen and oxygen atoms in total. The first-order valence-electron chi connectivity index (χ1n) is 7.21. The molecule has 0 bridgehead atoms. The van der Waals surface area contributed by atoms with Crippen molar-refractivity contribution in [3.63, 3.8) is 0 Å². The van der Waals surface area contributed by atoms with Crippen molar-refractivity contribution in [2.45, 2.75) is 38.5 Å². The molecule has 1 fully saturated rings. The summed E-state index contributed by atoms with van der Waals surface area (Å²) >= 11 is 0. The van der Waals surface area contributed by atoms with Gasteiger partial charge >= 0.3 is 5.97 Å². The average Bonchev–Trinajstić information content (AvgIpc) is 2.46. The number of ketones is 1. The normalized spacial score (nSPS) is 25.0. The molecule has 1 aliphatic heterocycles. The summed E-state index contributed by atoms with van der Waals surface area (Å²) in [6.45, 7) is 2.25. The maximum Gasteiger partial charge on any atom is 0.317 e. The average molecular weight is 265 g/mol. The molecule has 2 aliphatic rings. The number of hydrogen-bond donors (Lipinski definition) is 0. The van der Waals surface area contributed by atoms with Crippen molar-refractivity contribution in [1.29, 1.82) is 0 Å². The molecule has 106 valence electrons. The van der Waals surface area contributed by atoms with Crippen molar-refractivity contribution in [1.82, 2.24) is 4.90 Å². The molecule has 0 radical (unpaired) electrons. The zero-order chi connectivity index (χ0) is 13.7. The summed E-state index contributed by atoms with van der Waals surface area (Å²) in [6.07, 6.45) is 8.93. The van der Waals surface area contributed by atoms with E-state index in [0.29, 0.717) is 13.0 Å².